The molecule has 0 aliphatic carbocycles. The number of ketones is 1. The van der Waals surface area contributed by atoms with Crippen molar-refractivity contribution in [3.63, 3.8) is 0 Å². The molecule has 0 saturated carbocycles. The van der Waals surface area contributed by atoms with Crippen LogP contribution in [0.4, 0.5) is 30.9 Å². The first kappa shape index (κ1) is 42.4. The van der Waals surface area contributed by atoms with Gasteiger partial charge in [-0.05, 0) is 73.4 Å². The minimum Gasteiger partial charge on any atom is -0.345 e. The van der Waals surface area contributed by atoms with Crippen molar-refractivity contribution >= 4 is 62.2 Å². The molecule has 3 N–H and O–H groups in total. The van der Waals surface area contributed by atoms with Crippen LogP contribution in [0.25, 0.3) is 22.2 Å². The van der Waals surface area contributed by atoms with Crippen molar-refractivity contribution in [1.82, 2.24) is 34.5 Å². The molecule has 0 atom stereocenters. The van der Waals surface area contributed by atoms with Crippen molar-refractivity contribution < 1.29 is 36.4 Å². The lowest BCUT2D eigenvalue weighted by Gasteiger charge is -2.35. The first-order chi connectivity index (χ1) is 29.8. The van der Waals surface area contributed by atoms with Crippen molar-refractivity contribution in [2.75, 3.05) is 60.8 Å². The van der Waals surface area contributed by atoms with Crippen LogP contribution < -0.4 is 19.8 Å². The highest BCUT2D eigenvalue weighted by atomic mass is 32.2. The third kappa shape index (κ3) is 8.72. The fourth-order valence-electron chi connectivity index (χ4n) is 8.26. The number of likely N-dealkylation sites (tertiary alicyclic amines) is 1. The lowest BCUT2D eigenvalue weighted by Crippen LogP contribution is -2.49. The van der Waals surface area contributed by atoms with E-state index in [1.54, 1.807) is 36.5 Å². The van der Waals surface area contributed by atoms with Gasteiger partial charge in [0.25, 0.3) is 0 Å². The normalized spacial score (nSPS) is 16.9. The number of pyridine rings is 1. The Labute approximate surface area is 356 Å². The Morgan fingerprint density at radius 2 is 1.60 bits per heavy atom. The summed E-state index contributed by atoms with van der Waals surface area (Å²) in [6.07, 6.45) is 10.3. The van der Waals surface area contributed by atoms with E-state index in [-0.39, 0.29) is 36.3 Å². The maximum Gasteiger partial charge on any atom is 0.328 e. The van der Waals surface area contributed by atoms with Gasteiger partial charge in [-0.3, -0.25) is 29.3 Å². The van der Waals surface area contributed by atoms with Crippen LogP contribution in [0, 0.1) is 17.6 Å². The summed E-state index contributed by atoms with van der Waals surface area (Å²) in [7, 11) is -2.85. The Morgan fingerprint density at radius 1 is 0.903 bits per heavy atom. The van der Waals surface area contributed by atoms with Gasteiger partial charge in [-0.1, -0.05) is 19.1 Å². The number of imide groups is 1. The van der Waals surface area contributed by atoms with E-state index in [1.807, 2.05) is 29.2 Å². The van der Waals surface area contributed by atoms with Gasteiger partial charge in [-0.2, -0.15) is 12.7 Å². The zero-order valence-corrected chi connectivity index (χ0v) is 35.1. The number of urea groups is 1. The predicted molar refractivity (Wildman–Crippen MR) is 228 cm³/mol. The summed E-state index contributed by atoms with van der Waals surface area (Å²) < 4.78 is 58.7. The lowest BCUT2D eigenvalue weighted by atomic mass is 9.88. The smallest absolute Gasteiger partial charge is 0.328 e. The van der Waals surface area contributed by atoms with E-state index >= 15 is 8.78 Å². The van der Waals surface area contributed by atoms with Crippen molar-refractivity contribution in [2.45, 2.75) is 51.4 Å². The number of carbonyl (C=O) groups is 4. The van der Waals surface area contributed by atoms with Crippen LogP contribution in [0.3, 0.4) is 0 Å². The summed E-state index contributed by atoms with van der Waals surface area (Å²) in [5, 5.41) is 2.65. The predicted octanol–water partition coefficient (Wildman–Crippen LogP) is 5.60. The lowest BCUT2D eigenvalue weighted by molar-refractivity contribution is -0.133. The number of piperidine rings is 2. The van der Waals surface area contributed by atoms with E-state index in [0.717, 1.165) is 47.8 Å². The first-order valence-electron chi connectivity index (χ1n) is 20.6. The van der Waals surface area contributed by atoms with Crippen LogP contribution in [-0.4, -0.2) is 108 Å². The average molecular weight is 869 g/mol. The van der Waals surface area contributed by atoms with E-state index in [1.165, 1.54) is 18.8 Å². The topological polar surface area (TPSA) is 194 Å². The van der Waals surface area contributed by atoms with Crippen LogP contribution in [0.5, 0.6) is 0 Å². The molecule has 8 rings (SSSR count). The number of halogens is 2. The number of carbonyl (C=O) groups excluding carboxylic acids is 4. The number of hydrogen-bond donors (Lipinski definition) is 3. The van der Waals surface area contributed by atoms with E-state index in [9.17, 15) is 27.6 Å². The van der Waals surface area contributed by atoms with Crippen LogP contribution >= 0.6 is 0 Å². The minimum atomic E-state index is -4.15. The van der Waals surface area contributed by atoms with Gasteiger partial charge in [0.05, 0.1) is 11.3 Å². The zero-order valence-electron chi connectivity index (χ0n) is 34.2. The Hall–Kier alpha value is -6.34. The van der Waals surface area contributed by atoms with Gasteiger partial charge in [0, 0.05) is 112 Å². The largest absolute Gasteiger partial charge is 0.345 e. The van der Waals surface area contributed by atoms with Crippen molar-refractivity contribution in [3.05, 3.63) is 95.6 Å². The Morgan fingerprint density at radius 3 is 2.27 bits per heavy atom. The molecule has 0 bridgehead atoms. The van der Waals surface area contributed by atoms with Gasteiger partial charge in [0.1, 0.15) is 11.5 Å². The molecule has 3 aliphatic rings. The maximum atomic E-state index is 15.6. The summed E-state index contributed by atoms with van der Waals surface area (Å²) in [5.74, 6) is -2.46. The van der Waals surface area contributed by atoms with Crippen molar-refractivity contribution in [1.29, 1.82) is 0 Å². The van der Waals surface area contributed by atoms with Crippen LogP contribution in [0.1, 0.15) is 72.9 Å². The first-order valence-corrected chi connectivity index (χ1v) is 22.0. The molecule has 4 amide bonds. The molecule has 5 aromatic rings. The van der Waals surface area contributed by atoms with Gasteiger partial charge >= 0.3 is 16.2 Å². The second-order valence-corrected chi connectivity index (χ2v) is 17.6. The van der Waals surface area contributed by atoms with Crippen molar-refractivity contribution in [3.8, 4) is 11.1 Å². The number of benzene rings is 2. The summed E-state index contributed by atoms with van der Waals surface area (Å²) in [4.78, 5) is 72.8. The summed E-state index contributed by atoms with van der Waals surface area (Å²) in [5.41, 5.74) is 1.86. The minimum absolute atomic E-state index is 0.0597. The molecule has 19 heteroatoms. The molecule has 3 fully saturated rings. The van der Waals surface area contributed by atoms with Crippen LogP contribution in [-0.2, 0) is 19.8 Å². The van der Waals surface area contributed by atoms with Crippen molar-refractivity contribution in [2.24, 2.45) is 5.92 Å². The van der Waals surface area contributed by atoms with E-state index in [0.29, 0.717) is 73.2 Å². The van der Waals surface area contributed by atoms with Gasteiger partial charge in [0.15, 0.2) is 5.82 Å². The quantitative estimate of drug-likeness (QED) is 0.133. The van der Waals surface area contributed by atoms with E-state index < -0.39 is 44.9 Å². The highest BCUT2D eigenvalue weighted by Crippen LogP contribution is 2.33. The number of H-pyrrole nitrogens is 1. The summed E-state index contributed by atoms with van der Waals surface area (Å²) in [6.45, 7) is 4.82. The molecule has 324 valence electrons. The molecular weight excluding hydrogens is 823 g/mol. The number of hydrogen-bond acceptors (Lipinski definition) is 10. The Bertz CT molecular complexity index is 2630. The number of amides is 4. The number of rotatable bonds is 12. The molecule has 3 aromatic heterocycles. The molecule has 62 heavy (non-hydrogen) atoms. The number of anilines is 3. The molecule has 16 nitrogen and oxygen atoms in total. The van der Waals surface area contributed by atoms with Gasteiger partial charge < -0.3 is 14.8 Å². The fourth-order valence-corrected chi connectivity index (χ4v) is 9.19. The van der Waals surface area contributed by atoms with Gasteiger partial charge in [-0.25, -0.2) is 28.5 Å². The highest BCUT2D eigenvalue weighted by Gasteiger charge is 2.30. The monoisotopic (exact) mass is 868 g/mol. The molecule has 2 aromatic carbocycles. The van der Waals surface area contributed by atoms with E-state index in [2.05, 4.69) is 34.9 Å². The number of fused-ring (bicyclic) bond motifs is 1. The molecule has 0 radical (unpaired) electrons. The fraction of sp³-hybridized carbons (Fsp3) is 0.372. The maximum absolute atomic E-state index is 15.6. The SMILES string of the molecule is CCN(C)S(=O)(=O)Nc1ccc(F)c(C(=O)c2c[nH]c3ncc(-c4cnc(N5CCC(CC(=O)N6CCC(c7ccc(N8CCC(=O)NC8=O)cc7)CC6)CC5)nc4)cc23)c1F. The van der Waals surface area contributed by atoms with E-state index in [4.69, 9.17) is 0 Å². The van der Waals surface area contributed by atoms with Crippen LogP contribution in [0.2, 0.25) is 0 Å². The number of aromatic amines is 1. The second-order valence-electron chi connectivity index (χ2n) is 15.9. The van der Waals surface area contributed by atoms with Crippen LogP contribution in [0.15, 0.2) is 67.3 Å². The number of aromatic nitrogens is 4. The third-order valence-corrected chi connectivity index (χ3v) is 13.7. The molecule has 3 saturated heterocycles. The third-order valence-electron chi connectivity index (χ3n) is 12.1. The molecule has 0 unspecified atom stereocenters. The zero-order chi connectivity index (χ0) is 43.7. The summed E-state index contributed by atoms with van der Waals surface area (Å²) in [6, 6.07) is 10.9. The Balaban J connectivity index is 0.845. The molecule has 6 heterocycles. The molecular formula is C43H46F2N10O6S. The van der Waals surface area contributed by atoms with Gasteiger partial charge in [0.2, 0.25) is 23.5 Å². The standard InChI is InChI=1S/C43H46F2N10O6S/c1-3-52(2)62(60,61)51-35-9-8-34(44)38(39(35)45)40(58)33-25-47-41-32(33)21-29(22-46-41)30-23-48-42(49-24-30)54-15-10-26(11-16-54)20-37(57)53-17-12-28(13-18-53)27-4-6-31(7-5-27)55-19-14-36(56)50-43(55)59/h4-9,21-26,28,51H,3,10-20H2,1-2H3,(H,46,47)(H,50,56,59). The second kappa shape index (κ2) is 17.6. The highest BCUT2D eigenvalue weighted by molar-refractivity contribution is 7.90. The summed E-state index contributed by atoms with van der Waals surface area (Å²) >= 11 is 0. The molecule has 0 spiro atoms. The average Bonchev–Trinajstić information content (AvgIpc) is 3.71. The number of nitrogens with one attached hydrogen (secondary N) is 3. The Kier molecular flexibility index (Phi) is 12.0. The number of nitrogens with zero attached hydrogens (tertiary/aromatic N) is 7. The van der Waals surface area contributed by atoms with Gasteiger partial charge in [-0.15, -0.1) is 0 Å². The molecule has 3 aliphatic heterocycles.